The fraction of sp³-hybridized carbons (Fsp3) is 0.571. The van der Waals surface area contributed by atoms with Gasteiger partial charge >= 0.3 is 0 Å². The second kappa shape index (κ2) is 8.42. The van der Waals surface area contributed by atoms with Crippen molar-refractivity contribution < 1.29 is 14.6 Å². The molecule has 2 fully saturated rings. The lowest BCUT2D eigenvalue weighted by atomic mass is 9.82. The Morgan fingerprint density at radius 1 is 1.26 bits per heavy atom. The van der Waals surface area contributed by atoms with Gasteiger partial charge in [-0.1, -0.05) is 18.2 Å². The number of para-hydroxylation sites is 1. The van der Waals surface area contributed by atoms with Crippen molar-refractivity contribution in [2.75, 3.05) is 26.3 Å². The lowest BCUT2D eigenvalue weighted by Crippen LogP contribution is -2.55. The molecule has 0 aliphatic carbocycles. The van der Waals surface area contributed by atoms with Crippen LogP contribution < -0.4 is 4.74 Å². The van der Waals surface area contributed by atoms with Gasteiger partial charge in [0, 0.05) is 44.2 Å². The summed E-state index contributed by atoms with van der Waals surface area (Å²) in [6, 6.07) is 8.27. The van der Waals surface area contributed by atoms with E-state index in [1.165, 1.54) is 5.56 Å². The Balaban J connectivity index is 1.32. The molecule has 0 amide bonds. The van der Waals surface area contributed by atoms with Gasteiger partial charge in [-0.25, -0.2) is 4.98 Å². The third-order valence-corrected chi connectivity index (χ3v) is 5.85. The maximum absolute atomic E-state index is 10.4. The van der Waals surface area contributed by atoms with E-state index in [1.54, 1.807) is 12.5 Å². The van der Waals surface area contributed by atoms with Crippen molar-refractivity contribution in [3.8, 4) is 5.75 Å². The summed E-state index contributed by atoms with van der Waals surface area (Å²) in [6.07, 6.45) is 8.86. The Bertz CT molecular complexity index is 711. The highest BCUT2D eigenvalue weighted by molar-refractivity contribution is 5.33. The standard InChI is InChI=1S/C21H29N3O3/c25-20-6-3-14-27-21(20)7-10-23(11-8-21)16-18-4-1-2-5-19(18)26-15-13-24-12-9-22-17-24/h1-2,4-5,9,12,17,20,25H,3,6-8,10-11,13-16H2. The molecule has 1 aromatic carbocycles. The van der Waals surface area contributed by atoms with Gasteiger partial charge in [-0.05, 0) is 31.7 Å². The molecule has 4 rings (SSSR count). The number of benzene rings is 1. The number of aliphatic hydroxyl groups is 1. The highest BCUT2D eigenvalue weighted by Crippen LogP contribution is 2.36. The average molecular weight is 371 g/mol. The van der Waals surface area contributed by atoms with Gasteiger partial charge in [0.1, 0.15) is 12.4 Å². The van der Waals surface area contributed by atoms with E-state index in [-0.39, 0.29) is 11.7 Å². The summed E-state index contributed by atoms with van der Waals surface area (Å²) in [4.78, 5) is 6.50. The van der Waals surface area contributed by atoms with Crippen LogP contribution in [0.2, 0.25) is 0 Å². The van der Waals surface area contributed by atoms with E-state index >= 15 is 0 Å². The van der Waals surface area contributed by atoms with Crippen LogP contribution in [0.15, 0.2) is 43.0 Å². The van der Waals surface area contributed by atoms with Gasteiger partial charge in [0.25, 0.3) is 0 Å². The summed E-state index contributed by atoms with van der Waals surface area (Å²) < 4.78 is 14.1. The number of aromatic nitrogens is 2. The quantitative estimate of drug-likeness (QED) is 0.845. The first kappa shape index (κ1) is 18.5. The smallest absolute Gasteiger partial charge is 0.123 e. The number of nitrogens with zero attached hydrogens (tertiary/aromatic N) is 3. The normalized spacial score (nSPS) is 22.8. The Hall–Kier alpha value is -1.89. The van der Waals surface area contributed by atoms with E-state index in [2.05, 4.69) is 22.0 Å². The SMILES string of the molecule is OC1CCCOC12CCN(Cc1ccccc1OCCn1ccnc1)CC2. The first-order valence-electron chi connectivity index (χ1n) is 9.96. The molecule has 3 heterocycles. The van der Waals surface area contributed by atoms with E-state index in [0.717, 1.165) is 64.2 Å². The van der Waals surface area contributed by atoms with Crippen LogP contribution in [0.3, 0.4) is 0 Å². The predicted octanol–water partition coefficient (Wildman–Crippen LogP) is 2.47. The second-order valence-electron chi connectivity index (χ2n) is 7.60. The lowest BCUT2D eigenvalue weighted by molar-refractivity contribution is -0.177. The molecule has 27 heavy (non-hydrogen) atoms. The van der Waals surface area contributed by atoms with Gasteiger partial charge in [-0.15, -0.1) is 0 Å². The molecule has 1 aromatic heterocycles. The van der Waals surface area contributed by atoms with Crippen molar-refractivity contribution in [3.63, 3.8) is 0 Å². The highest BCUT2D eigenvalue weighted by atomic mass is 16.5. The number of piperidine rings is 1. The number of hydrogen-bond acceptors (Lipinski definition) is 5. The number of hydrogen-bond donors (Lipinski definition) is 1. The van der Waals surface area contributed by atoms with Crippen LogP contribution in [-0.2, 0) is 17.8 Å². The molecule has 1 unspecified atom stereocenters. The van der Waals surface area contributed by atoms with Crippen LogP contribution in [0.25, 0.3) is 0 Å². The molecule has 2 aromatic rings. The first-order chi connectivity index (χ1) is 13.3. The maximum atomic E-state index is 10.4. The molecule has 1 atom stereocenters. The maximum Gasteiger partial charge on any atom is 0.123 e. The summed E-state index contributed by atoms with van der Waals surface area (Å²) in [6.45, 7) is 4.95. The molecule has 6 nitrogen and oxygen atoms in total. The predicted molar refractivity (Wildman–Crippen MR) is 103 cm³/mol. The molecular formula is C21H29N3O3. The summed E-state index contributed by atoms with van der Waals surface area (Å²) in [5, 5.41) is 10.4. The summed E-state index contributed by atoms with van der Waals surface area (Å²) in [7, 11) is 0. The van der Waals surface area contributed by atoms with Crippen LogP contribution in [0, 0.1) is 0 Å². The van der Waals surface area contributed by atoms with Gasteiger partial charge < -0.3 is 19.1 Å². The van der Waals surface area contributed by atoms with Gasteiger partial charge in [0.05, 0.1) is 24.6 Å². The summed E-state index contributed by atoms with van der Waals surface area (Å²) in [5.74, 6) is 0.951. The zero-order valence-electron chi connectivity index (χ0n) is 15.8. The van der Waals surface area contributed by atoms with E-state index in [9.17, 15) is 5.11 Å². The van der Waals surface area contributed by atoms with Crippen LogP contribution >= 0.6 is 0 Å². The van der Waals surface area contributed by atoms with E-state index < -0.39 is 0 Å². The second-order valence-corrected chi connectivity index (χ2v) is 7.60. The molecule has 146 valence electrons. The number of rotatable bonds is 6. The molecule has 1 N–H and O–H groups in total. The molecule has 2 aliphatic heterocycles. The molecule has 0 radical (unpaired) electrons. The first-order valence-corrected chi connectivity index (χ1v) is 9.96. The lowest BCUT2D eigenvalue weighted by Gasteiger charge is -2.46. The van der Waals surface area contributed by atoms with Crippen LogP contribution in [-0.4, -0.2) is 57.6 Å². The van der Waals surface area contributed by atoms with Gasteiger partial charge in [-0.2, -0.15) is 0 Å². The molecule has 1 spiro atoms. The van der Waals surface area contributed by atoms with Gasteiger partial charge in [-0.3, -0.25) is 4.90 Å². The molecule has 0 bridgehead atoms. The van der Waals surface area contributed by atoms with Crippen molar-refractivity contribution in [3.05, 3.63) is 48.5 Å². The van der Waals surface area contributed by atoms with E-state index in [0.29, 0.717) is 6.61 Å². The summed E-state index contributed by atoms with van der Waals surface area (Å²) >= 11 is 0. The zero-order chi connectivity index (χ0) is 18.5. The largest absolute Gasteiger partial charge is 0.491 e. The third kappa shape index (κ3) is 4.34. The topological polar surface area (TPSA) is 59.8 Å². The Morgan fingerprint density at radius 3 is 2.89 bits per heavy atom. The fourth-order valence-corrected chi connectivity index (χ4v) is 4.17. The van der Waals surface area contributed by atoms with E-state index in [4.69, 9.17) is 9.47 Å². The minimum Gasteiger partial charge on any atom is -0.491 e. The van der Waals surface area contributed by atoms with Crippen LogP contribution in [0.4, 0.5) is 0 Å². The number of aliphatic hydroxyl groups excluding tert-OH is 1. The fourth-order valence-electron chi connectivity index (χ4n) is 4.17. The van der Waals surface area contributed by atoms with Crippen molar-refractivity contribution in [2.45, 2.75) is 50.5 Å². The Labute approximate surface area is 160 Å². The minimum absolute atomic E-state index is 0.310. The Morgan fingerprint density at radius 2 is 2.11 bits per heavy atom. The Kier molecular flexibility index (Phi) is 5.76. The summed E-state index contributed by atoms with van der Waals surface area (Å²) in [5.41, 5.74) is 0.902. The van der Waals surface area contributed by atoms with Gasteiger partial charge in [0.15, 0.2) is 0 Å². The number of likely N-dealkylation sites (tertiary alicyclic amines) is 1. The monoisotopic (exact) mass is 371 g/mol. The van der Waals surface area contributed by atoms with E-state index in [1.807, 2.05) is 22.9 Å². The molecule has 2 aliphatic rings. The van der Waals surface area contributed by atoms with Crippen molar-refractivity contribution >= 4 is 0 Å². The van der Waals surface area contributed by atoms with Crippen molar-refractivity contribution in [2.24, 2.45) is 0 Å². The molecule has 0 saturated carbocycles. The highest BCUT2D eigenvalue weighted by Gasteiger charge is 2.43. The molecular weight excluding hydrogens is 342 g/mol. The van der Waals surface area contributed by atoms with Crippen LogP contribution in [0.1, 0.15) is 31.2 Å². The third-order valence-electron chi connectivity index (χ3n) is 5.85. The zero-order valence-corrected chi connectivity index (χ0v) is 15.8. The molecule has 6 heteroatoms. The minimum atomic E-state index is -0.313. The van der Waals surface area contributed by atoms with Crippen LogP contribution in [0.5, 0.6) is 5.75 Å². The van der Waals surface area contributed by atoms with Gasteiger partial charge in [0.2, 0.25) is 0 Å². The number of imidazole rings is 1. The van der Waals surface area contributed by atoms with Crippen molar-refractivity contribution in [1.82, 2.24) is 14.5 Å². The average Bonchev–Trinajstić information content (AvgIpc) is 3.21. The van der Waals surface area contributed by atoms with Crippen molar-refractivity contribution in [1.29, 1.82) is 0 Å². The number of ether oxygens (including phenoxy) is 2. The molecule has 2 saturated heterocycles.